The highest BCUT2D eigenvalue weighted by molar-refractivity contribution is 5.97. The van der Waals surface area contributed by atoms with Gasteiger partial charge in [-0.05, 0) is 12.1 Å². The van der Waals surface area contributed by atoms with Crippen LogP contribution in [0.2, 0.25) is 0 Å². The second-order valence-corrected chi connectivity index (χ2v) is 4.28. The van der Waals surface area contributed by atoms with Gasteiger partial charge in [0, 0.05) is 13.1 Å². The number of nitrogens with zero attached hydrogens (tertiary/aromatic N) is 1. The summed E-state index contributed by atoms with van der Waals surface area (Å²) in [5.74, 6) is 0. The van der Waals surface area contributed by atoms with Crippen molar-refractivity contribution in [1.82, 2.24) is 9.55 Å². The highest BCUT2D eigenvalue weighted by Gasteiger charge is 2.16. The minimum absolute atomic E-state index is 0.108. The molecule has 2 aromatic heterocycles. The van der Waals surface area contributed by atoms with E-state index in [1.165, 1.54) is 12.1 Å². The Morgan fingerprint density at radius 3 is 1.79 bits per heavy atom. The van der Waals surface area contributed by atoms with E-state index < -0.39 is 22.2 Å². The Bertz CT molecular complexity index is 926. The molecule has 0 radical (unpaired) electrons. The van der Waals surface area contributed by atoms with Crippen molar-refractivity contribution in [3.8, 4) is 0 Å². The van der Waals surface area contributed by atoms with Crippen LogP contribution in [-0.2, 0) is 6.54 Å². The van der Waals surface area contributed by atoms with Crippen LogP contribution in [0, 0.1) is 0 Å². The van der Waals surface area contributed by atoms with Crippen LogP contribution in [0.5, 0.6) is 0 Å². The number of nitrogens with two attached hydrogens (primary N) is 1. The van der Waals surface area contributed by atoms with E-state index in [0.717, 1.165) is 4.57 Å². The third-order valence-electron chi connectivity index (χ3n) is 3.18. The van der Waals surface area contributed by atoms with Crippen LogP contribution < -0.4 is 28.0 Å². The Labute approximate surface area is 104 Å². The van der Waals surface area contributed by atoms with Crippen LogP contribution >= 0.6 is 0 Å². The molecule has 96 valence electrons. The van der Waals surface area contributed by atoms with Gasteiger partial charge in [-0.25, -0.2) is 0 Å². The highest BCUT2D eigenvalue weighted by atomic mass is 16.2. The van der Waals surface area contributed by atoms with Gasteiger partial charge in [0.25, 0.3) is 22.2 Å². The number of hydrogen-bond donors (Lipinski definition) is 2. The van der Waals surface area contributed by atoms with Gasteiger partial charge >= 0.3 is 0 Å². The van der Waals surface area contributed by atoms with E-state index in [0.29, 0.717) is 0 Å². The Kier molecular flexibility index (Phi) is 2.26. The Morgan fingerprint density at radius 1 is 0.895 bits per heavy atom. The van der Waals surface area contributed by atoms with E-state index in [4.69, 9.17) is 5.73 Å². The van der Waals surface area contributed by atoms with Crippen LogP contribution in [-0.4, -0.2) is 16.1 Å². The van der Waals surface area contributed by atoms with E-state index in [9.17, 15) is 19.2 Å². The van der Waals surface area contributed by atoms with Crippen LogP contribution in [0.3, 0.4) is 0 Å². The van der Waals surface area contributed by atoms with Gasteiger partial charge in [-0.3, -0.25) is 28.7 Å². The molecule has 0 atom stereocenters. The van der Waals surface area contributed by atoms with Crippen molar-refractivity contribution in [1.29, 1.82) is 0 Å². The molecule has 0 fully saturated rings. The molecule has 0 bridgehead atoms. The minimum atomic E-state index is -0.555. The lowest BCUT2D eigenvalue weighted by Crippen LogP contribution is -2.28. The van der Waals surface area contributed by atoms with Gasteiger partial charge in [0.1, 0.15) is 0 Å². The lowest BCUT2D eigenvalue weighted by molar-refractivity contribution is 0.676. The highest BCUT2D eigenvalue weighted by Crippen LogP contribution is 2.13. The fourth-order valence-corrected chi connectivity index (χ4v) is 2.28. The maximum atomic E-state index is 12.0. The quantitative estimate of drug-likeness (QED) is 0.575. The van der Waals surface area contributed by atoms with Crippen molar-refractivity contribution in [3.63, 3.8) is 0 Å². The smallest absolute Gasteiger partial charge is 0.261 e. The van der Waals surface area contributed by atoms with Crippen molar-refractivity contribution in [2.45, 2.75) is 6.54 Å². The predicted molar refractivity (Wildman–Crippen MR) is 70.3 cm³/mol. The second-order valence-electron chi connectivity index (χ2n) is 4.28. The van der Waals surface area contributed by atoms with Crippen LogP contribution in [0.15, 0.2) is 31.3 Å². The predicted octanol–water partition coefficient (Wildman–Crippen LogP) is -1.60. The molecule has 7 nitrogen and oxygen atoms in total. The SMILES string of the molecule is NCCn1c(=O)c2cc3c(=O)[nH]c(=O)c3cc2c1=O. The molecule has 3 N–H and O–H groups in total. The number of H-pyrrole nitrogens is 1. The van der Waals surface area contributed by atoms with Gasteiger partial charge in [0.05, 0.1) is 21.5 Å². The summed E-state index contributed by atoms with van der Waals surface area (Å²) in [6.07, 6.45) is 0. The molecule has 0 saturated heterocycles. The summed E-state index contributed by atoms with van der Waals surface area (Å²) < 4.78 is 1.02. The van der Waals surface area contributed by atoms with Crippen molar-refractivity contribution in [3.05, 3.63) is 53.5 Å². The number of aromatic nitrogens is 2. The van der Waals surface area contributed by atoms with Gasteiger partial charge in [-0.1, -0.05) is 0 Å². The minimum Gasteiger partial charge on any atom is -0.329 e. The molecular formula is C12H9N3O4. The molecule has 0 saturated carbocycles. The summed E-state index contributed by atoms with van der Waals surface area (Å²) in [5, 5.41) is 0.531. The molecule has 19 heavy (non-hydrogen) atoms. The van der Waals surface area contributed by atoms with Crippen molar-refractivity contribution < 1.29 is 0 Å². The van der Waals surface area contributed by atoms with Crippen LogP contribution in [0.25, 0.3) is 21.5 Å². The molecule has 3 rings (SSSR count). The number of benzene rings is 1. The van der Waals surface area contributed by atoms with Gasteiger partial charge in [0.15, 0.2) is 0 Å². The zero-order valence-electron chi connectivity index (χ0n) is 9.73. The third-order valence-corrected chi connectivity index (χ3v) is 3.18. The van der Waals surface area contributed by atoms with Gasteiger partial charge < -0.3 is 5.73 Å². The number of fused-ring (bicyclic) bond motifs is 2. The summed E-state index contributed by atoms with van der Waals surface area (Å²) in [6, 6.07) is 2.59. The first-order chi connectivity index (χ1) is 9.04. The summed E-state index contributed by atoms with van der Waals surface area (Å²) >= 11 is 0. The molecular weight excluding hydrogens is 250 g/mol. The lowest BCUT2D eigenvalue weighted by Gasteiger charge is -1.93. The Morgan fingerprint density at radius 2 is 1.37 bits per heavy atom. The monoisotopic (exact) mass is 259 g/mol. The Balaban J connectivity index is 2.58. The largest absolute Gasteiger partial charge is 0.329 e. The lowest BCUT2D eigenvalue weighted by atomic mass is 10.1. The maximum absolute atomic E-state index is 12.0. The fourth-order valence-electron chi connectivity index (χ4n) is 2.28. The zero-order chi connectivity index (χ0) is 13.7. The molecule has 0 aliphatic rings. The molecule has 0 aliphatic carbocycles. The number of aromatic amines is 1. The molecule has 2 heterocycles. The maximum Gasteiger partial charge on any atom is 0.261 e. The average Bonchev–Trinajstić information content (AvgIpc) is 2.79. The molecule has 0 amide bonds. The normalized spacial score (nSPS) is 11.6. The fraction of sp³-hybridized carbons (Fsp3) is 0.167. The number of nitrogens with one attached hydrogen (secondary N) is 1. The van der Waals surface area contributed by atoms with Gasteiger partial charge in [0.2, 0.25) is 0 Å². The molecule has 1 aromatic carbocycles. The summed E-state index contributed by atoms with van der Waals surface area (Å²) in [5.41, 5.74) is 3.26. The molecule has 0 aliphatic heterocycles. The standard InChI is InChI=1S/C12H9N3O4/c13-1-2-15-11(18)7-3-5-6(4-8(7)12(15)19)10(17)14-9(5)16/h3-4H,1-2,13H2,(H,14,16,17). The Hall–Kier alpha value is -2.54. The summed E-state index contributed by atoms with van der Waals surface area (Å²) in [6.45, 7) is 0.266. The van der Waals surface area contributed by atoms with Gasteiger partial charge in [-0.2, -0.15) is 0 Å². The van der Waals surface area contributed by atoms with E-state index in [2.05, 4.69) is 4.98 Å². The molecule has 0 unspecified atom stereocenters. The van der Waals surface area contributed by atoms with Crippen molar-refractivity contribution in [2.24, 2.45) is 5.73 Å². The first kappa shape index (κ1) is 11.5. The first-order valence-electron chi connectivity index (χ1n) is 5.64. The van der Waals surface area contributed by atoms with E-state index >= 15 is 0 Å². The topological polar surface area (TPSA) is 115 Å². The van der Waals surface area contributed by atoms with E-state index in [1.807, 2.05) is 0 Å². The first-order valence-corrected chi connectivity index (χ1v) is 5.64. The van der Waals surface area contributed by atoms with Crippen molar-refractivity contribution in [2.75, 3.05) is 6.54 Å². The van der Waals surface area contributed by atoms with Crippen LogP contribution in [0.1, 0.15) is 0 Å². The summed E-state index contributed by atoms with van der Waals surface area (Å²) in [7, 11) is 0. The second kappa shape index (κ2) is 3.72. The van der Waals surface area contributed by atoms with Gasteiger partial charge in [-0.15, -0.1) is 0 Å². The molecule has 3 aromatic rings. The third kappa shape index (κ3) is 1.42. The molecule has 0 spiro atoms. The van der Waals surface area contributed by atoms with Crippen LogP contribution in [0.4, 0.5) is 0 Å². The summed E-state index contributed by atoms with van der Waals surface area (Å²) in [4.78, 5) is 49.2. The molecule has 7 heteroatoms. The van der Waals surface area contributed by atoms with Crippen molar-refractivity contribution >= 4 is 21.5 Å². The zero-order valence-corrected chi connectivity index (χ0v) is 9.73. The number of rotatable bonds is 2. The van der Waals surface area contributed by atoms with E-state index in [-0.39, 0.29) is 34.6 Å². The van der Waals surface area contributed by atoms with E-state index in [1.54, 1.807) is 0 Å². The number of hydrogen-bond acceptors (Lipinski definition) is 5. The average molecular weight is 259 g/mol.